The number of imidazole rings is 1. The Bertz CT molecular complexity index is 1320. The van der Waals surface area contributed by atoms with Crippen LogP contribution in [0.4, 0.5) is 4.39 Å². The summed E-state index contributed by atoms with van der Waals surface area (Å²) in [5, 5.41) is 0. The Morgan fingerprint density at radius 3 is 2.33 bits per heavy atom. The lowest BCUT2D eigenvalue weighted by atomic mass is 9.42. The van der Waals surface area contributed by atoms with Gasteiger partial charge in [-0.3, -0.25) is 4.99 Å². The second-order valence-corrected chi connectivity index (χ2v) is 16.3. The van der Waals surface area contributed by atoms with Crippen molar-refractivity contribution in [2.75, 3.05) is 0 Å². The van der Waals surface area contributed by atoms with E-state index in [0.717, 1.165) is 77.3 Å². The molecule has 42 heavy (non-hydrogen) atoms. The first-order chi connectivity index (χ1) is 20.3. The minimum absolute atomic E-state index is 0.198. The molecule has 6 saturated carbocycles. The summed E-state index contributed by atoms with van der Waals surface area (Å²) in [5.74, 6) is 8.25. The van der Waals surface area contributed by atoms with Gasteiger partial charge in [-0.05, 0) is 166 Å². The van der Waals surface area contributed by atoms with E-state index in [4.69, 9.17) is 9.98 Å². The van der Waals surface area contributed by atoms with Gasteiger partial charge >= 0.3 is 0 Å². The number of aromatic amines is 1. The zero-order chi connectivity index (χ0) is 28.7. The Morgan fingerprint density at radius 2 is 1.57 bits per heavy atom. The van der Waals surface area contributed by atoms with E-state index in [9.17, 15) is 4.39 Å². The molecule has 0 saturated heterocycles. The third kappa shape index (κ3) is 4.08. The molecule has 6 fully saturated rings. The van der Waals surface area contributed by atoms with Crippen LogP contribution in [-0.4, -0.2) is 16.2 Å². The van der Waals surface area contributed by atoms with Gasteiger partial charge < -0.3 is 4.98 Å². The Morgan fingerprint density at radius 1 is 0.810 bits per heavy atom. The van der Waals surface area contributed by atoms with Gasteiger partial charge in [-0.15, -0.1) is 0 Å². The Kier molecular flexibility index (Phi) is 6.58. The molecule has 1 aromatic carbocycles. The van der Waals surface area contributed by atoms with Crippen LogP contribution in [-0.2, 0) is 5.54 Å². The highest BCUT2D eigenvalue weighted by Crippen LogP contribution is 2.68. The molecule has 1 heterocycles. The molecule has 10 atom stereocenters. The van der Waals surface area contributed by atoms with Crippen molar-refractivity contribution in [1.29, 1.82) is 0 Å². The summed E-state index contributed by atoms with van der Waals surface area (Å²) in [7, 11) is 0. The van der Waals surface area contributed by atoms with Crippen LogP contribution in [0.1, 0.15) is 116 Å². The smallest absolute Gasteiger partial charge is 0.134 e. The molecule has 0 bridgehead atoms. The molecular weight excluding hydrogens is 517 g/mol. The van der Waals surface area contributed by atoms with Crippen LogP contribution in [0.2, 0.25) is 0 Å². The van der Waals surface area contributed by atoms with E-state index in [1.54, 1.807) is 0 Å². The summed E-state index contributed by atoms with van der Waals surface area (Å²) in [6.07, 6.45) is 23.6. The highest BCUT2D eigenvalue weighted by molar-refractivity contribution is 5.68. The first-order valence-electron chi connectivity index (χ1n) is 17.7. The number of H-pyrrole nitrogens is 1. The van der Waals surface area contributed by atoms with Crippen LogP contribution in [0, 0.1) is 64.0 Å². The van der Waals surface area contributed by atoms with Gasteiger partial charge in [0, 0.05) is 11.6 Å². The minimum Gasteiger partial charge on any atom is -0.340 e. The van der Waals surface area contributed by atoms with E-state index in [2.05, 4.69) is 32.0 Å². The van der Waals surface area contributed by atoms with Gasteiger partial charge in [-0.1, -0.05) is 27.2 Å². The van der Waals surface area contributed by atoms with Crippen LogP contribution < -0.4 is 0 Å². The summed E-state index contributed by atoms with van der Waals surface area (Å²) < 4.78 is 13.5. The first kappa shape index (κ1) is 27.6. The Hall–Kier alpha value is -1.97. The number of aromatic nitrogens is 2. The van der Waals surface area contributed by atoms with Gasteiger partial charge in [0.2, 0.25) is 0 Å². The van der Waals surface area contributed by atoms with E-state index in [0.29, 0.717) is 10.8 Å². The molecule has 0 radical (unpaired) electrons. The average molecular weight is 570 g/mol. The lowest BCUT2D eigenvalue weighted by Gasteiger charge is -2.63. The molecule has 0 amide bonds. The summed E-state index contributed by atoms with van der Waals surface area (Å²) in [6.45, 7) is 7.85. The van der Waals surface area contributed by atoms with Crippen LogP contribution in [0.25, 0.3) is 11.3 Å². The summed E-state index contributed by atoms with van der Waals surface area (Å²) >= 11 is 0. The molecule has 1 aromatic heterocycles. The highest BCUT2D eigenvalue weighted by atomic mass is 19.1. The normalized spacial score (nSPS) is 44.1. The minimum atomic E-state index is -0.202. The van der Waals surface area contributed by atoms with Crippen molar-refractivity contribution in [2.24, 2.45) is 63.2 Å². The summed E-state index contributed by atoms with van der Waals surface area (Å²) in [4.78, 5) is 14.0. The third-order valence-electron chi connectivity index (χ3n) is 14.9. The number of fused-ring (bicyclic) bond motifs is 7. The molecule has 6 aliphatic carbocycles. The maximum atomic E-state index is 13.5. The molecule has 3 nitrogen and oxygen atoms in total. The van der Waals surface area contributed by atoms with Gasteiger partial charge in [0.1, 0.15) is 17.2 Å². The molecule has 8 rings (SSSR count). The van der Waals surface area contributed by atoms with E-state index in [1.165, 1.54) is 89.2 Å². The first-order valence-corrected chi connectivity index (χ1v) is 17.7. The molecule has 10 unspecified atom stereocenters. The van der Waals surface area contributed by atoms with E-state index < -0.39 is 0 Å². The zero-order valence-electron chi connectivity index (χ0n) is 26.3. The van der Waals surface area contributed by atoms with Crippen molar-refractivity contribution in [3.63, 3.8) is 0 Å². The molecule has 6 aliphatic rings. The molecule has 1 N–H and O–H groups in total. The molecule has 4 heteroatoms. The van der Waals surface area contributed by atoms with Crippen molar-refractivity contribution in [3.8, 4) is 11.3 Å². The average Bonchev–Trinajstić information content (AvgIpc) is 3.63. The number of hydrogen-bond donors (Lipinski definition) is 1. The lowest BCUT2D eigenvalue weighted by molar-refractivity contribution is -0.137. The fourth-order valence-electron chi connectivity index (χ4n) is 12.2. The van der Waals surface area contributed by atoms with Gasteiger partial charge in [0.15, 0.2) is 0 Å². The predicted octanol–water partition coefficient (Wildman–Crippen LogP) is 9.99. The number of hydrogen-bond acceptors (Lipinski definition) is 2. The van der Waals surface area contributed by atoms with Crippen LogP contribution in [0.3, 0.4) is 0 Å². The fourth-order valence-corrected chi connectivity index (χ4v) is 12.2. The predicted molar refractivity (Wildman–Crippen MR) is 169 cm³/mol. The maximum Gasteiger partial charge on any atom is 0.134 e. The maximum absolute atomic E-state index is 13.5. The fraction of sp³-hybridized carbons (Fsp3) is 0.737. The standard InChI is InChI=1S/C38H52FN3/c1-24-15-20-36(3)31(25(24)2)13-11-29-28-16-21-37(17-4-6-33(37)30(28)12-14-32(29)36)23-41-38(18-5-19-38)35-40-22-34(42-35)26-7-9-27(39)10-8-26/h7-10,22-25,28-33H,4-6,11-21H2,1-3H3,(H,40,42)/b41-23+. The Labute approximate surface area is 253 Å². The van der Waals surface area contributed by atoms with Crippen molar-refractivity contribution >= 4 is 6.21 Å². The summed E-state index contributed by atoms with van der Waals surface area (Å²) in [6, 6.07) is 6.72. The third-order valence-corrected chi connectivity index (χ3v) is 14.9. The SMILES string of the molecule is CC1CCC2(C)C(CCC3C4CCC5(/C=N/C6(c7ncc(-c8ccc(F)cc8)[nH]7)CCC6)CCCC5C4CCC32)C1C. The van der Waals surface area contributed by atoms with Crippen molar-refractivity contribution < 1.29 is 4.39 Å². The second kappa shape index (κ2) is 10.0. The monoisotopic (exact) mass is 569 g/mol. The number of halogens is 1. The van der Waals surface area contributed by atoms with Crippen LogP contribution in [0.5, 0.6) is 0 Å². The van der Waals surface area contributed by atoms with Crippen molar-refractivity contribution in [1.82, 2.24) is 9.97 Å². The van der Waals surface area contributed by atoms with E-state index in [-0.39, 0.29) is 11.4 Å². The number of nitrogens with one attached hydrogen (secondary N) is 1. The molecule has 0 aliphatic heterocycles. The van der Waals surface area contributed by atoms with Crippen LogP contribution in [0.15, 0.2) is 35.5 Å². The zero-order valence-corrected chi connectivity index (χ0v) is 26.3. The van der Waals surface area contributed by atoms with Gasteiger partial charge in [-0.25, -0.2) is 9.37 Å². The number of aliphatic imine (C=N–C) groups is 1. The van der Waals surface area contributed by atoms with Crippen LogP contribution >= 0.6 is 0 Å². The van der Waals surface area contributed by atoms with Gasteiger partial charge in [0.25, 0.3) is 0 Å². The lowest BCUT2D eigenvalue weighted by Crippen LogP contribution is -2.56. The highest BCUT2D eigenvalue weighted by Gasteiger charge is 2.60. The molecule has 226 valence electrons. The Balaban J connectivity index is 1.03. The quantitative estimate of drug-likeness (QED) is 0.366. The van der Waals surface area contributed by atoms with E-state index in [1.807, 2.05) is 18.3 Å². The second-order valence-electron chi connectivity index (χ2n) is 16.3. The number of nitrogens with zero attached hydrogens (tertiary/aromatic N) is 2. The number of rotatable bonds is 4. The van der Waals surface area contributed by atoms with Gasteiger partial charge in [0.05, 0.1) is 11.9 Å². The van der Waals surface area contributed by atoms with Gasteiger partial charge in [-0.2, -0.15) is 0 Å². The topological polar surface area (TPSA) is 41.0 Å². The molecular formula is C38H52FN3. The van der Waals surface area contributed by atoms with Crippen molar-refractivity contribution in [2.45, 2.75) is 116 Å². The molecule has 0 spiro atoms. The number of benzene rings is 1. The van der Waals surface area contributed by atoms with Crippen molar-refractivity contribution in [3.05, 3.63) is 42.1 Å². The summed E-state index contributed by atoms with van der Waals surface area (Å²) in [5.41, 5.74) is 2.65. The van der Waals surface area contributed by atoms with E-state index >= 15 is 0 Å². The molecule has 2 aromatic rings. The largest absolute Gasteiger partial charge is 0.340 e.